The first-order chi connectivity index (χ1) is 10.0. The van der Waals surface area contributed by atoms with E-state index in [0.717, 1.165) is 0 Å². The molecule has 0 aromatic heterocycles. The summed E-state index contributed by atoms with van der Waals surface area (Å²) >= 11 is 0. The van der Waals surface area contributed by atoms with Gasteiger partial charge in [0.1, 0.15) is 12.4 Å². The number of phenolic OH excluding ortho intramolecular Hbond substituents is 1. The van der Waals surface area contributed by atoms with Crippen LogP contribution in [-0.2, 0) is 11.3 Å². The van der Waals surface area contributed by atoms with Gasteiger partial charge in [-0.25, -0.2) is 4.79 Å². The van der Waals surface area contributed by atoms with Crippen LogP contribution in [0.4, 0.5) is 16.2 Å². The van der Waals surface area contributed by atoms with Crippen LogP contribution in [0.15, 0.2) is 48.5 Å². The number of anilines is 1. The lowest BCUT2D eigenvalue weighted by atomic mass is 10.2. The highest BCUT2D eigenvalue weighted by Gasteiger charge is 2.07. The minimum atomic E-state index is -0.682. The Morgan fingerprint density at radius 3 is 2.57 bits per heavy atom. The van der Waals surface area contributed by atoms with E-state index in [1.54, 1.807) is 12.1 Å². The van der Waals surface area contributed by atoms with Gasteiger partial charge in [-0.2, -0.15) is 0 Å². The first-order valence-electron chi connectivity index (χ1n) is 6.01. The van der Waals surface area contributed by atoms with Gasteiger partial charge in [-0.1, -0.05) is 6.07 Å². The fourth-order valence-corrected chi connectivity index (χ4v) is 1.60. The lowest BCUT2D eigenvalue weighted by molar-refractivity contribution is -0.384. The van der Waals surface area contributed by atoms with E-state index in [1.807, 2.05) is 0 Å². The molecule has 0 aliphatic heterocycles. The first-order valence-corrected chi connectivity index (χ1v) is 6.01. The Kier molecular flexibility index (Phi) is 4.35. The molecule has 0 aliphatic rings. The highest BCUT2D eigenvalue weighted by atomic mass is 16.6. The van der Waals surface area contributed by atoms with Crippen LogP contribution in [0.1, 0.15) is 5.56 Å². The van der Waals surface area contributed by atoms with Crippen molar-refractivity contribution in [2.75, 3.05) is 5.32 Å². The maximum Gasteiger partial charge on any atom is 0.411 e. The lowest BCUT2D eigenvalue weighted by Gasteiger charge is -2.07. The van der Waals surface area contributed by atoms with Gasteiger partial charge in [0.15, 0.2) is 0 Å². The van der Waals surface area contributed by atoms with E-state index in [-0.39, 0.29) is 18.0 Å². The van der Waals surface area contributed by atoms with Gasteiger partial charge in [0.2, 0.25) is 0 Å². The van der Waals surface area contributed by atoms with E-state index >= 15 is 0 Å². The van der Waals surface area contributed by atoms with E-state index < -0.39 is 11.0 Å². The summed E-state index contributed by atoms with van der Waals surface area (Å²) in [6, 6.07) is 11.8. The van der Waals surface area contributed by atoms with Crippen LogP contribution in [0.2, 0.25) is 0 Å². The van der Waals surface area contributed by atoms with Crippen LogP contribution < -0.4 is 5.32 Å². The van der Waals surface area contributed by atoms with Crippen molar-refractivity contribution in [3.63, 3.8) is 0 Å². The molecular weight excluding hydrogens is 276 g/mol. The maximum absolute atomic E-state index is 11.5. The monoisotopic (exact) mass is 288 g/mol. The molecule has 2 aromatic rings. The average molecular weight is 288 g/mol. The fourth-order valence-electron chi connectivity index (χ4n) is 1.60. The van der Waals surface area contributed by atoms with Crippen LogP contribution >= 0.6 is 0 Å². The van der Waals surface area contributed by atoms with Gasteiger partial charge in [-0.15, -0.1) is 0 Å². The normalized spacial score (nSPS) is 9.90. The Morgan fingerprint density at radius 2 is 1.95 bits per heavy atom. The molecule has 0 saturated carbocycles. The molecule has 0 unspecified atom stereocenters. The van der Waals surface area contributed by atoms with E-state index in [4.69, 9.17) is 4.74 Å². The molecule has 108 valence electrons. The zero-order valence-electron chi connectivity index (χ0n) is 10.9. The quantitative estimate of drug-likeness (QED) is 0.665. The highest BCUT2D eigenvalue weighted by molar-refractivity contribution is 5.84. The molecule has 2 N–H and O–H groups in total. The first kappa shape index (κ1) is 14.3. The number of rotatable bonds is 4. The number of amides is 1. The number of hydrogen-bond donors (Lipinski definition) is 2. The predicted octanol–water partition coefficient (Wildman–Crippen LogP) is 3.05. The number of aromatic hydroxyl groups is 1. The number of non-ortho nitro benzene ring substituents is 1. The SMILES string of the molecule is O=C(Nc1cccc(O)c1)OCc1ccc([N+](=O)[O-])cc1. The zero-order chi connectivity index (χ0) is 15.2. The Labute approximate surface area is 119 Å². The maximum atomic E-state index is 11.5. The minimum absolute atomic E-state index is 0.0113. The molecule has 2 aromatic carbocycles. The second-order valence-corrected chi connectivity index (χ2v) is 4.18. The van der Waals surface area contributed by atoms with Gasteiger partial charge in [0.25, 0.3) is 5.69 Å². The largest absolute Gasteiger partial charge is 0.508 e. The fraction of sp³-hybridized carbons (Fsp3) is 0.0714. The van der Waals surface area contributed by atoms with Crippen molar-refractivity contribution in [3.8, 4) is 5.75 Å². The Morgan fingerprint density at radius 1 is 1.24 bits per heavy atom. The van der Waals surface area contributed by atoms with Crippen molar-refractivity contribution < 1.29 is 19.6 Å². The third kappa shape index (κ3) is 4.20. The summed E-state index contributed by atoms with van der Waals surface area (Å²) in [6.07, 6.45) is -0.682. The number of nitro benzene ring substituents is 1. The number of phenols is 1. The van der Waals surface area contributed by atoms with Crippen molar-refractivity contribution in [1.29, 1.82) is 0 Å². The third-order valence-corrected chi connectivity index (χ3v) is 2.61. The van der Waals surface area contributed by atoms with E-state index in [0.29, 0.717) is 11.3 Å². The number of carbonyl (C=O) groups is 1. The summed E-state index contributed by atoms with van der Waals surface area (Å²) < 4.78 is 4.97. The second-order valence-electron chi connectivity index (χ2n) is 4.18. The van der Waals surface area contributed by atoms with Gasteiger partial charge in [0.05, 0.1) is 4.92 Å². The summed E-state index contributed by atoms with van der Waals surface area (Å²) in [6.45, 7) is -0.0113. The molecule has 0 heterocycles. The standard InChI is InChI=1S/C14H12N2O5/c17-13-3-1-2-11(8-13)15-14(18)21-9-10-4-6-12(7-5-10)16(19)20/h1-8,17H,9H2,(H,15,18). The molecule has 0 aliphatic carbocycles. The molecular formula is C14H12N2O5. The van der Waals surface area contributed by atoms with Gasteiger partial charge in [0, 0.05) is 23.9 Å². The molecule has 7 heteroatoms. The summed E-state index contributed by atoms with van der Waals surface area (Å²) in [5, 5.41) is 22.2. The number of nitro groups is 1. The summed E-state index contributed by atoms with van der Waals surface area (Å²) in [5.74, 6) is 0.0307. The molecule has 7 nitrogen and oxygen atoms in total. The zero-order valence-corrected chi connectivity index (χ0v) is 10.9. The summed E-state index contributed by atoms with van der Waals surface area (Å²) in [5.41, 5.74) is 1.01. The van der Waals surface area contributed by atoms with Crippen molar-refractivity contribution in [1.82, 2.24) is 0 Å². The number of benzene rings is 2. The smallest absolute Gasteiger partial charge is 0.411 e. The van der Waals surface area contributed by atoms with Crippen molar-refractivity contribution in [2.45, 2.75) is 6.61 Å². The Hall–Kier alpha value is -3.09. The Bertz CT molecular complexity index is 655. The lowest BCUT2D eigenvalue weighted by Crippen LogP contribution is -2.13. The number of nitrogens with one attached hydrogen (secondary N) is 1. The second kappa shape index (κ2) is 6.38. The van der Waals surface area contributed by atoms with Gasteiger partial charge < -0.3 is 9.84 Å². The van der Waals surface area contributed by atoms with Gasteiger partial charge in [-0.05, 0) is 29.8 Å². The molecule has 21 heavy (non-hydrogen) atoms. The van der Waals surface area contributed by atoms with Crippen LogP contribution in [0, 0.1) is 10.1 Å². The molecule has 2 rings (SSSR count). The van der Waals surface area contributed by atoms with Crippen LogP contribution in [0.5, 0.6) is 5.75 Å². The van der Waals surface area contributed by atoms with Crippen molar-refractivity contribution >= 4 is 17.5 Å². The van der Waals surface area contributed by atoms with E-state index in [2.05, 4.69) is 5.32 Å². The predicted molar refractivity (Wildman–Crippen MR) is 75.0 cm³/mol. The van der Waals surface area contributed by atoms with E-state index in [1.165, 1.54) is 36.4 Å². The highest BCUT2D eigenvalue weighted by Crippen LogP contribution is 2.16. The number of carbonyl (C=O) groups excluding carboxylic acids is 1. The summed E-state index contributed by atoms with van der Waals surface area (Å²) in [7, 11) is 0. The topological polar surface area (TPSA) is 102 Å². The molecule has 0 atom stereocenters. The molecule has 0 spiro atoms. The number of hydrogen-bond acceptors (Lipinski definition) is 5. The molecule has 0 saturated heterocycles. The third-order valence-electron chi connectivity index (χ3n) is 2.61. The van der Waals surface area contributed by atoms with E-state index in [9.17, 15) is 20.0 Å². The van der Waals surface area contributed by atoms with Crippen LogP contribution in [0.3, 0.4) is 0 Å². The molecule has 1 amide bonds. The number of ether oxygens (including phenoxy) is 1. The molecule has 0 bridgehead atoms. The van der Waals surface area contributed by atoms with Crippen molar-refractivity contribution in [2.24, 2.45) is 0 Å². The molecule has 0 fully saturated rings. The van der Waals surface area contributed by atoms with Gasteiger partial charge in [-0.3, -0.25) is 15.4 Å². The van der Waals surface area contributed by atoms with Gasteiger partial charge >= 0.3 is 6.09 Å². The number of nitrogens with zero attached hydrogens (tertiary/aromatic N) is 1. The van der Waals surface area contributed by atoms with Crippen LogP contribution in [0.25, 0.3) is 0 Å². The molecule has 0 radical (unpaired) electrons. The van der Waals surface area contributed by atoms with Crippen LogP contribution in [-0.4, -0.2) is 16.1 Å². The minimum Gasteiger partial charge on any atom is -0.508 e. The average Bonchev–Trinajstić information content (AvgIpc) is 2.45. The summed E-state index contributed by atoms with van der Waals surface area (Å²) in [4.78, 5) is 21.5. The van der Waals surface area contributed by atoms with Crippen molar-refractivity contribution in [3.05, 3.63) is 64.2 Å². The Balaban J connectivity index is 1.87.